The Morgan fingerprint density at radius 3 is 2.62 bits per heavy atom. The summed E-state index contributed by atoms with van der Waals surface area (Å²) < 4.78 is 0. The van der Waals surface area contributed by atoms with E-state index in [1.165, 1.54) is 0 Å². The number of rotatable bonds is 0. The molecule has 1 heterocycles. The van der Waals surface area contributed by atoms with Crippen molar-refractivity contribution in [2.75, 3.05) is 5.73 Å². The van der Waals surface area contributed by atoms with Crippen LogP contribution in [0.3, 0.4) is 0 Å². The number of nitrogens with one attached hydrogen (secondary N) is 1. The third-order valence-electron chi connectivity index (χ3n) is 0.829. The second-order valence-corrected chi connectivity index (χ2v) is 1.44. The molecule has 0 saturated heterocycles. The third-order valence-corrected chi connectivity index (χ3v) is 0.829. The van der Waals surface area contributed by atoms with Crippen molar-refractivity contribution in [2.24, 2.45) is 0 Å². The van der Waals surface area contributed by atoms with E-state index in [4.69, 9.17) is 11.0 Å². The molecule has 0 amide bonds. The van der Waals surface area contributed by atoms with Gasteiger partial charge in [-0.2, -0.15) is 5.26 Å². The van der Waals surface area contributed by atoms with Gasteiger partial charge >= 0.3 is 0 Å². The molecule has 8 heavy (non-hydrogen) atoms. The molecule has 1 aromatic heterocycles. The van der Waals surface area contributed by atoms with Crippen molar-refractivity contribution in [1.82, 2.24) is 4.98 Å². The molecule has 3 heteroatoms. The SMILES string of the molecule is N#Cc1ccc(N)[nH]1. The number of nitrogens with two attached hydrogens (primary N) is 1. The molecule has 1 rings (SSSR count). The summed E-state index contributed by atoms with van der Waals surface area (Å²) in [4.78, 5) is 2.64. The second kappa shape index (κ2) is 1.58. The maximum absolute atomic E-state index is 8.21. The van der Waals surface area contributed by atoms with Crippen LogP contribution in [-0.4, -0.2) is 4.98 Å². The zero-order chi connectivity index (χ0) is 5.98. The van der Waals surface area contributed by atoms with E-state index in [9.17, 15) is 0 Å². The Morgan fingerprint density at radius 1 is 1.62 bits per heavy atom. The molecular weight excluding hydrogens is 102 g/mol. The van der Waals surface area contributed by atoms with Gasteiger partial charge in [0.1, 0.15) is 17.6 Å². The number of nitrogen functional groups attached to an aromatic ring is 1. The molecule has 0 aliphatic rings. The quantitative estimate of drug-likeness (QED) is 0.506. The summed E-state index contributed by atoms with van der Waals surface area (Å²) in [6.07, 6.45) is 0. The van der Waals surface area contributed by atoms with E-state index in [2.05, 4.69) is 4.98 Å². The van der Waals surface area contributed by atoms with Crippen LogP contribution in [0.5, 0.6) is 0 Å². The lowest BCUT2D eigenvalue weighted by Crippen LogP contribution is -1.82. The normalized spacial score (nSPS) is 8.38. The van der Waals surface area contributed by atoms with E-state index in [0.29, 0.717) is 11.5 Å². The standard InChI is InChI=1S/C5H5N3/c6-3-4-1-2-5(7)8-4/h1-2,8H,7H2. The Labute approximate surface area is 46.7 Å². The van der Waals surface area contributed by atoms with Crippen molar-refractivity contribution in [3.05, 3.63) is 17.8 Å². The molecule has 1 aromatic rings. The van der Waals surface area contributed by atoms with E-state index in [-0.39, 0.29) is 0 Å². The largest absolute Gasteiger partial charge is 0.385 e. The van der Waals surface area contributed by atoms with Crippen LogP contribution < -0.4 is 5.73 Å². The number of H-pyrrole nitrogens is 1. The molecule has 3 nitrogen and oxygen atoms in total. The first-order valence-electron chi connectivity index (χ1n) is 2.17. The van der Waals surface area contributed by atoms with E-state index in [1.54, 1.807) is 12.1 Å². The van der Waals surface area contributed by atoms with Crippen molar-refractivity contribution in [1.29, 1.82) is 5.26 Å². The van der Waals surface area contributed by atoms with Gasteiger partial charge in [0, 0.05) is 0 Å². The van der Waals surface area contributed by atoms with Gasteiger partial charge in [0.25, 0.3) is 0 Å². The molecule has 0 aliphatic carbocycles. The van der Waals surface area contributed by atoms with Crippen LogP contribution >= 0.6 is 0 Å². The Morgan fingerprint density at radius 2 is 2.38 bits per heavy atom. The minimum atomic E-state index is 0.502. The van der Waals surface area contributed by atoms with Crippen molar-refractivity contribution >= 4 is 5.82 Å². The van der Waals surface area contributed by atoms with E-state index >= 15 is 0 Å². The molecule has 0 unspecified atom stereocenters. The van der Waals surface area contributed by atoms with Gasteiger partial charge < -0.3 is 10.7 Å². The topological polar surface area (TPSA) is 65.6 Å². The molecule has 0 spiro atoms. The zero-order valence-corrected chi connectivity index (χ0v) is 4.18. The molecule has 0 radical (unpaired) electrons. The number of aromatic nitrogens is 1. The molecule has 0 aromatic carbocycles. The van der Waals surface area contributed by atoms with E-state index < -0.39 is 0 Å². The van der Waals surface area contributed by atoms with E-state index in [0.717, 1.165) is 0 Å². The van der Waals surface area contributed by atoms with Crippen molar-refractivity contribution in [3.63, 3.8) is 0 Å². The Balaban J connectivity index is 3.05. The summed E-state index contributed by atoms with van der Waals surface area (Å²) >= 11 is 0. The van der Waals surface area contributed by atoms with Crippen LogP contribution in [-0.2, 0) is 0 Å². The Bertz CT molecular complexity index is 218. The van der Waals surface area contributed by atoms with Gasteiger partial charge in [0.05, 0.1) is 0 Å². The first-order valence-corrected chi connectivity index (χ1v) is 2.17. The lowest BCUT2D eigenvalue weighted by atomic mass is 10.5. The van der Waals surface area contributed by atoms with Crippen LogP contribution in [0.2, 0.25) is 0 Å². The molecular formula is C5H5N3. The highest BCUT2D eigenvalue weighted by atomic mass is 14.8. The van der Waals surface area contributed by atoms with Crippen LogP contribution in [0.25, 0.3) is 0 Å². The predicted octanol–water partition coefficient (Wildman–Crippen LogP) is 0.469. The van der Waals surface area contributed by atoms with Gasteiger partial charge in [-0.1, -0.05) is 0 Å². The highest BCUT2D eigenvalue weighted by molar-refractivity contribution is 5.36. The zero-order valence-electron chi connectivity index (χ0n) is 4.18. The van der Waals surface area contributed by atoms with Crippen molar-refractivity contribution in [2.45, 2.75) is 0 Å². The second-order valence-electron chi connectivity index (χ2n) is 1.44. The molecule has 40 valence electrons. The molecule has 3 N–H and O–H groups in total. The number of nitrogens with zero attached hydrogens (tertiary/aromatic N) is 1. The summed E-state index contributed by atoms with van der Waals surface area (Å²) in [7, 11) is 0. The summed E-state index contributed by atoms with van der Waals surface area (Å²) in [6, 6.07) is 5.20. The maximum atomic E-state index is 8.21. The Kier molecular flexibility index (Phi) is 0.935. The molecule has 0 fully saturated rings. The lowest BCUT2D eigenvalue weighted by molar-refractivity contribution is 1.34. The van der Waals surface area contributed by atoms with Gasteiger partial charge in [0.2, 0.25) is 0 Å². The summed E-state index contributed by atoms with van der Waals surface area (Å²) in [5.74, 6) is 0.529. The minimum absolute atomic E-state index is 0.502. The van der Waals surface area contributed by atoms with Crippen LogP contribution in [0.4, 0.5) is 5.82 Å². The average molecular weight is 107 g/mol. The molecule has 0 atom stereocenters. The fraction of sp³-hybridized carbons (Fsp3) is 0. The minimum Gasteiger partial charge on any atom is -0.385 e. The summed E-state index contributed by atoms with van der Waals surface area (Å²) in [5, 5.41) is 8.21. The fourth-order valence-corrected chi connectivity index (χ4v) is 0.477. The number of hydrogen-bond donors (Lipinski definition) is 2. The molecule has 0 aliphatic heterocycles. The smallest absolute Gasteiger partial charge is 0.119 e. The summed E-state index contributed by atoms with van der Waals surface area (Å²) in [5.41, 5.74) is 5.75. The average Bonchev–Trinajstić information content (AvgIpc) is 2.14. The predicted molar refractivity (Wildman–Crippen MR) is 29.9 cm³/mol. The van der Waals surface area contributed by atoms with Crippen molar-refractivity contribution < 1.29 is 0 Å². The van der Waals surface area contributed by atoms with Crippen LogP contribution in [0.15, 0.2) is 12.1 Å². The van der Waals surface area contributed by atoms with Crippen LogP contribution in [0, 0.1) is 11.3 Å². The molecule has 0 bridgehead atoms. The van der Waals surface area contributed by atoms with Crippen molar-refractivity contribution in [3.8, 4) is 6.07 Å². The first-order chi connectivity index (χ1) is 3.83. The number of nitriles is 1. The Hall–Kier alpha value is -1.43. The highest BCUT2D eigenvalue weighted by Gasteiger charge is 1.88. The number of anilines is 1. The molecule has 0 saturated carbocycles. The lowest BCUT2D eigenvalue weighted by Gasteiger charge is -1.76. The first kappa shape index (κ1) is 4.72. The third kappa shape index (κ3) is 0.636. The van der Waals surface area contributed by atoms with E-state index in [1.807, 2.05) is 6.07 Å². The van der Waals surface area contributed by atoms with Gasteiger partial charge in [-0.3, -0.25) is 0 Å². The maximum Gasteiger partial charge on any atom is 0.119 e. The van der Waals surface area contributed by atoms with Gasteiger partial charge in [-0.15, -0.1) is 0 Å². The van der Waals surface area contributed by atoms with Gasteiger partial charge in [-0.05, 0) is 12.1 Å². The highest BCUT2D eigenvalue weighted by Crippen LogP contribution is 1.99. The number of hydrogen-bond acceptors (Lipinski definition) is 2. The summed E-state index contributed by atoms with van der Waals surface area (Å²) in [6.45, 7) is 0. The monoisotopic (exact) mass is 107 g/mol. The van der Waals surface area contributed by atoms with Crippen LogP contribution in [0.1, 0.15) is 5.69 Å². The van der Waals surface area contributed by atoms with Gasteiger partial charge in [0.15, 0.2) is 0 Å². The number of aromatic amines is 1. The van der Waals surface area contributed by atoms with Gasteiger partial charge in [-0.25, -0.2) is 0 Å². The fourth-order valence-electron chi connectivity index (χ4n) is 0.477.